The van der Waals surface area contributed by atoms with Gasteiger partial charge in [-0.2, -0.15) is 0 Å². The number of ether oxygens (including phenoxy) is 1. The van der Waals surface area contributed by atoms with E-state index in [-0.39, 0.29) is 0 Å². The second-order valence-electron chi connectivity index (χ2n) is 7.78. The molecule has 5 aromatic rings. The number of fused-ring (bicyclic) bond motifs is 6. The number of aryl methyl sites for hydroxylation is 1. The summed E-state index contributed by atoms with van der Waals surface area (Å²) in [7, 11) is 2.18. The topological polar surface area (TPSA) is 17.4 Å². The molecule has 1 aliphatic rings. The fourth-order valence-electron chi connectivity index (χ4n) is 4.74. The SMILES string of the molecule is Cn1c2ccccc2c2ccc3c(c21)N(c1ccccc1)c1ccccc1OCC3. The van der Waals surface area contributed by atoms with E-state index in [1.54, 1.807) is 0 Å². The van der Waals surface area contributed by atoms with Crippen molar-refractivity contribution >= 4 is 38.9 Å². The zero-order valence-electron chi connectivity index (χ0n) is 16.9. The zero-order chi connectivity index (χ0) is 20.1. The van der Waals surface area contributed by atoms with Crippen LogP contribution >= 0.6 is 0 Å². The molecule has 2 heterocycles. The minimum Gasteiger partial charge on any atom is -0.491 e. The summed E-state index contributed by atoms with van der Waals surface area (Å²) in [5.41, 5.74) is 7.26. The van der Waals surface area contributed by atoms with Crippen LogP contribution in [0.15, 0.2) is 91.0 Å². The Morgan fingerprint density at radius 2 is 1.50 bits per heavy atom. The van der Waals surface area contributed by atoms with Gasteiger partial charge in [0.2, 0.25) is 0 Å². The van der Waals surface area contributed by atoms with Crippen LogP contribution in [0.4, 0.5) is 17.1 Å². The fourth-order valence-corrected chi connectivity index (χ4v) is 4.74. The van der Waals surface area contributed by atoms with E-state index in [1.165, 1.54) is 33.1 Å². The molecule has 3 heteroatoms. The molecule has 0 unspecified atom stereocenters. The lowest BCUT2D eigenvalue weighted by atomic mass is 10.0. The Bertz CT molecular complexity index is 1380. The number of hydrogen-bond donors (Lipinski definition) is 0. The molecule has 0 saturated heterocycles. The Labute approximate surface area is 175 Å². The van der Waals surface area contributed by atoms with Gasteiger partial charge < -0.3 is 14.2 Å². The molecule has 0 amide bonds. The highest BCUT2D eigenvalue weighted by atomic mass is 16.5. The van der Waals surface area contributed by atoms with Crippen molar-refractivity contribution in [1.82, 2.24) is 4.57 Å². The van der Waals surface area contributed by atoms with E-state index in [9.17, 15) is 0 Å². The second kappa shape index (κ2) is 6.67. The maximum Gasteiger partial charge on any atom is 0.143 e. The van der Waals surface area contributed by atoms with Gasteiger partial charge in [-0.15, -0.1) is 0 Å². The molecule has 0 saturated carbocycles. The Morgan fingerprint density at radius 3 is 2.40 bits per heavy atom. The summed E-state index contributed by atoms with van der Waals surface area (Å²) in [6, 6.07) is 32.1. The van der Waals surface area contributed by atoms with Crippen molar-refractivity contribution < 1.29 is 4.74 Å². The van der Waals surface area contributed by atoms with E-state index in [0.29, 0.717) is 6.61 Å². The van der Waals surface area contributed by atoms with Crippen molar-refractivity contribution in [3.63, 3.8) is 0 Å². The van der Waals surface area contributed by atoms with Crippen LogP contribution in [0.1, 0.15) is 5.56 Å². The van der Waals surface area contributed by atoms with Gasteiger partial charge in [-0.05, 0) is 35.9 Å². The van der Waals surface area contributed by atoms with E-state index < -0.39 is 0 Å². The molecule has 0 N–H and O–H groups in total. The molecule has 146 valence electrons. The van der Waals surface area contributed by atoms with Gasteiger partial charge in [-0.3, -0.25) is 0 Å². The Kier molecular flexibility index (Phi) is 3.81. The Balaban J connectivity index is 1.78. The predicted molar refractivity (Wildman–Crippen MR) is 124 cm³/mol. The highest BCUT2D eigenvalue weighted by molar-refractivity contribution is 6.14. The first kappa shape index (κ1) is 17.2. The van der Waals surface area contributed by atoms with Gasteiger partial charge in [0.15, 0.2) is 0 Å². The van der Waals surface area contributed by atoms with E-state index >= 15 is 0 Å². The Morgan fingerprint density at radius 1 is 0.733 bits per heavy atom. The van der Waals surface area contributed by atoms with Crippen molar-refractivity contribution in [2.75, 3.05) is 11.5 Å². The molecule has 0 fully saturated rings. The van der Waals surface area contributed by atoms with Gasteiger partial charge in [0.1, 0.15) is 5.75 Å². The molecular formula is C27H22N2O. The maximum absolute atomic E-state index is 6.19. The quantitative estimate of drug-likeness (QED) is 0.315. The van der Waals surface area contributed by atoms with Crippen LogP contribution < -0.4 is 9.64 Å². The average Bonchev–Trinajstić information content (AvgIpc) is 3.07. The third kappa shape index (κ3) is 2.45. The molecule has 0 bridgehead atoms. The summed E-state index contributed by atoms with van der Waals surface area (Å²) in [6.07, 6.45) is 0.866. The summed E-state index contributed by atoms with van der Waals surface area (Å²) >= 11 is 0. The number of anilines is 3. The first-order valence-corrected chi connectivity index (χ1v) is 10.4. The summed E-state index contributed by atoms with van der Waals surface area (Å²) < 4.78 is 8.53. The van der Waals surface area contributed by atoms with Crippen molar-refractivity contribution in [1.29, 1.82) is 0 Å². The van der Waals surface area contributed by atoms with Gasteiger partial charge in [0, 0.05) is 35.4 Å². The third-order valence-corrected chi connectivity index (χ3v) is 6.10. The lowest BCUT2D eigenvalue weighted by Gasteiger charge is -2.32. The molecule has 4 aromatic carbocycles. The number of aromatic nitrogens is 1. The molecule has 1 aliphatic heterocycles. The van der Waals surface area contributed by atoms with Crippen molar-refractivity contribution in [3.05, 3.63) is 96.6 Å². The zero-order valence-corrected chi connectivity index (χ0v) is 16.9. The lowest BCUT2D eigenvalue weighted by molar-refractivity contribution is 0.321. The monoisotopic (exact) mass is 390 g/mol. The molecule has 0 atom stereocenters. The normalized spacial score (nSPS) is 13.4. The van der Waals surface area contributed by atoms with Crippen LogP contribution in [0.5, 0.6) is 5.75 Å². The fraction of sp³-hybridized carbons (Fsp3) is 0.111. The summed E-state index contributed by atoms with van der Waals surface area (Å²) in [5.74, 6) is 0.919. The average molecular weight is 390 g/mol. The van der Waals surface area contributed by atoms with Gasteiger partial charge in [0.25, 0.3) is 0 Å². The molecule has 1 aromatic heterocycles. The maximum atomic E-state index is 6.19. The number of rotatable bonds is 1. The summed E-state index contributed by atoms with van der Waals surface area (Å²) in [4.78, 5) is 2.37. The van der Waals surface area contributed by atoms with E-state index in [4.69, 9.17) is 4.74 Å². The second-order valence-corrected chi connectivity index (χ2v) is 7.78. The van der Waals surface area contributed by atoms with Crippen LogP contribution in [0.25, 0.3) is 21.8 Å². The van der Waals surface area contributed by atoms with Crippen LogP contribution in [0.2, 0.25) is 0 Å². The van der Waals surface area contributed by atoms with Crippen LogP contribution in [0.3, 0.4) is 0 Å². The highest BCUT2D eigenvalue weighted by Gasteiger charge is 2.26. The minimum atomic E-state index is 0.669. The van der Waals surface area contributed by atoms with E-state index in [0.717, 1.165) is 23.5 Å². The van der Waals surface area contributed by atoms with Crippen molar-refractivity contribution in [2.24, 2.45) is 7.05 Å². The molecule has 0 aliphatic carbocycles. The number of benzene rings is 4. The number of nitrogens with zero attached hydrogens (tertiary/aromatic N) is 2. The number of para-hydroxylation sites is 4. The predicted octanol–water partition coefficient (Wildman–Crippen LogP) is 6.74. The lowest BCUT2D eigenvalue weighted by Crippen LogP contribution is -2.18. The summed E-state index contributed by atoms with van der Waals surface area (Å²) in [5, 5.41) is 2.57. The van der Waals surface area contributed by atoms with Gasteiger partial charge in [0.05, 0.1) is 23.5 Å². The third-order valence-electron chi connectivity index (χ3n) is 6.10. The van der Waals surface area contributed by atoms with Gasteiger partial charge >= 0.3 is 0 Å². The standard InChI is InChI=1S/C27H22N2O/c1-28-23-12-6-5-11-21(23)22-16-15-19-17-18-30-25-14-8-7-13-24(25)29(26(19)27(22)28)20-9-3-2-4-10-20/h2-16H,17-18H2,1H3. The Hall–Kier alpha value is -3.72. The molecule has 3 nitrogen and oxygen atoms in total. The van der Waals surface area contributed by atoms with Crippen molar-refractivity contribution in [3.8, 4) is 5.75 Å². The van der Waals surface area contributed by atoms with Crippen LogP contribution in [0, 0.1) is 0 Å². The van der Waals surface area contributed by atoms with Gasteiger partial charge in [-0.25, -0.2) is 0 Å². The van der Waals surface area contributed by atoms with Crippen LogP contribution in [-0.4, -0.2) is 11.2 Å². The largest absolute Gasteiger partial charge is 0.491 e. The molecule has 0 spiro atoms. The first-order valence-electron chi connectivity index (χ1n) is 10.4. The minimum absolute atomic E-state index is 0.669. The molecule has 6 rings (SSSR count). The molecular weight excluding hydrogens is 368 g/mol. The summed E-state index contributed by atoms with van der Waals surface area (Å²) in [6.45, 7) is 0.669. The van der Waals surface area contributed by atoms with Gasteiger partial charge in [-0.1, -0.05) is 60.7 Å². The number of hydrogen-bond acceptors (Lipinski definition) is 2. The van der Waals surface area contributed by atoms with E-state index in [1.807, 2.05) is 6.07 Å². The van der Waals surface area contributed by atoms with Crippen LogP contribution in [-0.2, 0) is 13.5 Å². The van der Waals surface area contributed by atoms with E-state index in [2.05, 4.69) is 101 Å². The smallest absolute Gasteiger partial charge is 0.143 e. The highest BCUT2D eigenvalue weighted by Crippen LogP contribution is 2.47. The molecule has 0 radical (unpaired) electrons. The first-order chi connectivity index (χ1) is 14.8. The molecule has 30 heavy (non-hydrogen) atoms. The van der Waals surface area contributed by atoms with Crippen molar-refractivity contribution in [2.45, 2.75) is 6.42 Å².